The average Bonchev–Trinajstić information content (AvgIpc) is 2.64. The van der Waals surface area contributed by atoms with Crippen molar-refractivity contribution in [2.24, 2.45) is 0 Å². The van der Waals surface area contributed by atoms with E-state index in [4.69, 9.17) is 9.84 Å². The zero-order chi connectivity index (χ0) is 18.1. The molecule has 0 fully saturated rings. The van der Waals surface area contributed by atoms with Gasteiger partial charge >= 0.3 is 0 Å². The summed E-state index contributed by atoms with van der Waals surface area (Å²) >= 11 is 0. The smallest absolute Gasteiger partial charge is 0.251 e. The number of carbonyl (C=O) groups excluding carboxylic acids is 1. The Balaban J connectivity index is 2.01. The number of hydrogen-bond acceptors (Lipinski definition) is 4. The largest absolute Gasteiger partial charge is 0.496 e. The van der Waals surface area contributed by atoms with E-state index in [2.05, 4.69) is 10.6 Å². The van der Waals surface area contributed by atoms with Crippen molar-refractivity contribution in [1.82, 2.24) is 5.32 Å². The lowest BCUT2D eigenvalue weighted by Crippen LogP contribution is -2.27. The number of nitrogens with one attached hydrogen (secondary N) is 2. The molecule has 0 aliphatic carbocycles. The van der Waals surface area contributed by atoms with Crippen LogP contribution < -0.4 is 15.4 Å². The lowest BCUT2D eigenvalue weighted by molar-refractivity contribution is 0.0944. The lowest BCUT2D eigenvalue weighted by Gasteiger charge is -2.12. The fourth-order valence-corrected chi connectivity index (χ4v) is 2.50. The number of carbonyl (C=O) groups is 1. The van der Waals surface area contributed by atoms with Crippen LogP contribution in [0.3, 0.4) is 0 Å². The van der Waals surface area contributed by atoms with E-state index in [1.54, 1.807) is 13.2 Å². The van der Waals surface area contributed by atoms with E-state index in [9.17, 15) is 4.79 Å². The first-order valence-electron chi connectivity index (χ1n) is 8.19. The molecule has 0 saturated heterocycles. The second kappa shape index (κ2) is 9.49. The van der Waals surface area contributed by atoms with Crippen molar-refractivity contribution in [2.45, 2.75) is 6.92 Å². The topological polar surface area (TPSA) is 70.6 Å². The number of methoxy groups -OCH3 is 1. The number of ether oxygens (including phenoxy) is 1. The van der Waals surface area contributed by atoms with Gasteiger partial charge in [-0.2, -0.15) is 0 Å². The summed E-state index contributed by atoms with van der Waals surface area (Å²) in [6.45, 7) is 2.70. The molecule has 0 atom stereocenters. The molecule has 2 aromatic rings. The van der Waals surface area contributed by atoms with Gasteiger partial charge in [0.25, 0.3) is 5.91 Å². The standard InChI is InChI=1S/C20H24N2O3/c1-15-17(20(24)22-13-14-23)9-5-10-18(15)21-12-6-8-16-7-3-4-11-19(16)25-2/h3-11,21,23H,12-14H2,1-2H3,(H,22,24)/b8-6+. The Hall–Kier alpha value is -2.79. The minimum atomic E-state index is -0.181. The normalized spacial score (nSPS) is 10.7. The third-order valence-corrected chi connectivity index (χ3v) is 3.82. The maximum atomic E-state index is 12.1. The van der Waals surface area contributed by atoms with Gasteiger partial charge in [-0.3, -0.25) is 4.79 Å². The maximum Gasteiger partial charge on any atom is 0.251 e. The molecule has 2 rings (SSSR count). The van der Waals surface area contributed by atoms with Gasteiger partial charge < -0.3 is 20.5 Å². The molecule has 0 spiro atoms. The van der Waals surface area contributed by atoms with Gasteiger partial charge in [-0.25, -0.2) is 0 Å². The number of benzene rings is 2. The molecule has 0 saturated carbocycles. The molecule has 3 N–H and O–H groups in total. The zero-order valence-corrected chi connectivity index (χ0v) is 14.6. The minimum Gasteiger partial charge on any atom is -0.496 e. The molecule has 25 heavy (non-hydrogen) atoms. The van der Waals surface area contributed by atoms with Crippen LogP contribution in [0.4, 0.5) is 5.69 Å². The molecule has 1 amide bonds. The summed E-state index contributed by atoms with van der Waals surface area (Å²) in [5, 5.41) is 14.8. The van der Waals surface area contributed by atoms with E-state index in [0.717, 1.165) is 22.6 Å². The molecule has 0 aliphatic rings. The maximum absolute atomic E-state index is 12.1. The molecule has 5 heteroatoms. The van der Waals surface area contributed by atoms with Crippen LogP contribution in [0.1, 0.15) is 21.5 Å². The average molecular weight is 340 g/mol. The molecule has 0 bridgehead atoms. The van der Waals surface area contributed by atoms with Crippen LogP contribution in [0.15, 0.2) is 48.5 Å². The summed E-state index contributed by atoms with van der Waals surface area (Å²) in [5.41, 5.74) is 3.40. The monoisotopic (exact) mass is 340 g/mol. The highest BCUT2D eigenvalue weighted by Gasteiger charge is 2.10. The summed E-state index contributed by atoms with van der Waals surface area (Å²) in [4.78, 5) is 12.1. The number of aliphatic hydroxyl groups excluding tert-OH is 1. The van der Waals surface area contributed by atoms with Crippen LogP contribution in [-0.4, -0.2) is 37.8 Å². The van der Waals surface area contributed by atoms with E-state index in [-0.39, 0.29) is 19.1 Å². The van der Waals surface area contributed by atoms with Crippen molar-refractivity contribution in [1.29, 1.82) is 0 Å². The highest BCUT2D eigenvalue weighted by Crippen LogP contribution is 2.20. The first-order valence-corrected chi connectivity index (χ1v) is 8.19. The van der Waals surface area contributed by atoms with Crippen molar-refractivity contribution >= 4 is 17.7 Å². The predicted octanol–water partition coefficient (Wildman–Crippen LogP) is 2.85. The molecule has 2 aromatic carbocycles. The molecule has 0 aromatic heterocycles. The second-order valence-corrected chi connectivity index (χ2v) is 5.48. The third-order valence-electron chi connectivity index (χ3n) is 3.82. The highest BCUT2D eigenvalue weighted by molar-refractivity contribution is 5.97. The number of amides is 1. The van der Waals surface area contributed by atoms with Gasteiger partial charge in [0, 0.05) is 29.9 Å². The molecule has 132 valence electrons. The lowest BCUT2D eigenvalue weighted by atomic mass is 10.1. The summed E-state index contributed by atoms with van der Waals surface area (Å²) in [5.74, 6) is 0.650. The van der Waals surface area contributed by atoms with E-state index in [0.29, 0.717) is 12.1 Å². The summed E-state index contributed by atoms with van der Waals surface area (Å²) < 4.78 is 5.32. The van der Waals surface area contributed by atoms with Gasteiger partial charge in [0.05, 0.1) is 13.7 Å². The minimum absolute atomic E-state index is 0.0729. The van der Waals surface area contributed by atoms with Crippen LogP contribution >= 0.6 is 0 Å². The van der Waals surface area contributed by atoms with Crippen molar-refractivity contribution in [3.05, 3.63) is 65.2 Å². The second-order valence-electron chi connectivity index (χ2n) is 5.48. The van der Waals surface area contributed by atoms with Gasteiger partial charge in [-0.15, -0.1) is 0 Å². The van der Waals surface area contributed by atoms with Crippen LogP contribution in [0.25, 0.3) is 6.08 Å². The Morgan fingerprint density at radius 2 is 2.00 bits per heavy atom. The van der Waals surface area contributed by atoms with Crippen LogP contribution in [0, 0.1) is 6.92 Å². The Bertz CT molecular complexity index is 741. The van der Waals surface area contributed by atoms with Crippen LogP contribution in [-0.2, 0) is 0 Å². The highest BCUT2D eigenvalue weighted by atomic mass is 16.5. The summed E-state index contributed by atoms with van der Waals surface area (Å²) in [6, 6.07) is 13.4. The Kier molecular flexibility index (Phi) is 7.04. The number of aliphatic hydroxyl groups is 1. The van der Waals surface area contributed by atoms with E-state index < -0.39 is 0 Å². The molecule has 0 unspecified atom stereocenters. The first-order chi connectivity index (χ1) is 12.2. The zero-order valence-electron chi connectivity index (χ0n) is 14.6. The van der Waals surface area contributed by atoms with Gasteiger partial charge in [-0.1, -0.05) is 36.4 Å². The molecule has 5 nitrogen and oxygen atoms in total. The van der Waals surface area contributed by atoms with Crippen molar-refractivity contribution in [3.8, 4) is 5.75 Å². The number of anilines is 1. The van der Waals surface area contributed by atoms with Gasteiger partial charge in [0.1, 0.15) is 5.75 Å². The molecular weight excluding hydrogens is 316 g/mol. The summed E-state index contributed by atoms with van der Waals surface area (Å²) in [7, 11) is 1.65. The van der Waals surface area contributed by atoms with Gasteiger partial charge in [0.2, 0.25) is 0 Å². The van der Waals surface area contributed by atoms with Crippen LogP contribution in [0.5, 0.6) is 5.75 Å². The van der Waals surface area contributed by atoms with Gasteiger partial charge in [-0.05, 0) is 30.7 Å². The van der Waals surface area contributed by atoms with E-state index >= 15 is 0 Å². The van der Waals surface area contributed by atoms with Crippen LogP contribution in [0.2, 0.25) is 0 Å². The molecular formula is C20H24N2O3. The van der Waals surface area contributed by atoms with Crippen molar-refractivity contribution in [2.75, 3.05) is 32.1 Å². The van der Waals surface area contributed by atoms with Gasteiger partial charge in [0.15, 0.2) is 0 Å². The van der Waals surface area contributed by atoms with E-state index in [1.165, 1.54) is 0 Å². The molecule has 0 aliphatic heterocycles. The molecule has 0 heterocycles. The fourth-order valence-electron chi connectivity index (χ4n) is 2.50. The Morgan fingerprint density at radius 3 is 2.76 bits per heavy atom. The quantitative estimate of drug-likeness (QED) is 0.691. The Morgan fingerprint density at radius 1 is 1.20 bits per heavy atom. The summed E-state index contributed by atoms with van der Waals surface area (Å²) in [6.07, 6.45) is 4.01. The van der Waals surface area contributed by atoms with Crippen molar-refractivity contribution < 1.29 is 14.6 Å². The Labute approximate surface area is 148 Å². The third kappa shape index (κ3) is 5.09. The predicted molar refractivity (Wildman–Crippen MR) is 101 cm³/mol. The number of para-hydroxylation sites is 1. The number of rotatable bonds is 8. The van der Waals surface area contributed by atoms with Crippen molar-refractivity contribution in [3.63, 3.8) is 0 Å². The van der Waals surface area contributed by atoms with E-state index in [1.807, 2.05) is 55.5 Å². The molecule has 0 radical (unpaired) electrons. The SMILES string of the molecule is COc1ccccc1/C=C/CNc1cccc(C(=O)NCCO)c1C. The first kappa shape index (κ1) is 18.5. The fraction of sp³-hybridized carbons (Fsp3) is 0.250. The number of hydrogen-bond donors (Lipinski definition) is 3.